The molecule has 0 spiro atoms. The highest BCUT2D eigenvalue weighted by atomic mass is 35.5. The Morgan fingerprint density at radius 1 is 0.920 bits per heavy atom. The van der Waals surface area contributed by atoms with Gasteiger partial charge < -0.3 is 9.80 Å². The highest BCUT2D eigenvalue weighted by Gasteiger charge is 2.27. The largest absolute Gasteiger partial charge is 0.335 e. The van der Waals surface area contributed by atoms with Crippen molar-refractivity contribution in [1.82, 2.24) is 9.80 Å². The minimum absolute atomic E-state index is 0.0359. The van der Waals surface area contributed by atoms with Gasteiger partial charge in [-0.3, -0.25) is 9.59 Å². The first-order valence-electron chi connectivity index (χ1n) is 8.06. The number of rotatable bonds is 2. The molecule has 3 rings (SSSR count). The number of halogens is 2. The van der Waals surface area contributed by atoms with Gasteiger partial charge in [-0.2, -0.15) is 0 Å². The molecule has 1 heterocycles. The molecule has 1 aliphatic heterocycles. The summed E-state index contributed by atoms with van der Waals surface area (Å²) in [6.45, 7) is 3.46. The molecule has 0 radical (unpaired) electrons. The number of aryl methyl sites for hydroxylation is 1. The van der Waals surface area contributed by atoms with Crippen LogP contribution in [0.1, 0.15) is 26.3 Å². The van der Waals surface area contributed by atoms with Crippen LogP contribution in [-0.2, 0) is 0 Å². The standard InChI is InChI=1S/C19H18ClFN2O2/c1-13-4-2-3-5-15(13)18(24)22-8-10-23(11-9-22)19(25)16-12-14(20)6-7-17(16)21/h2-7,12H,8-11H2,1H3. The van der Waals surface area contributed by atoms with E-state index in [1.165, 1.54) is 18.2 Å². The van der Waals surface area contributed by atoms with E-state index < -0.39 is 11.7 Å². The maximum absolute atomic E-state index is 13.9. The van der Waals surface area contributed by atoms with Crippen LogP contribution in [0.2, 0.25) is 5.02 Å². The van der Waals surface area contributed by atoms with Crippen molar-refractivity contribution in [1.29, 1.82) is 0 Å². The highest BCUT2D eigenvalue weighted by Crippen LogP contribution is 2.18. The van der Waals surface area contributed by atoms with Gasteiger partial charge in [0.25, 0.3) is 11.8 Å². The summed E-state index contributed by atoms with van der Waals surface area (Å²) in [5, 5.41) is 0.318. The third-order valence-electron chi connectivity index (χ3n) is 4.39. The summed E-state index contributed by atoms with van der Waals surface area (Å²) < 4.78 is 13.9. The normalized spacial score (nSPS) is 14.5. The molecule has 2 aromatic carbocycles. The van der Waals surface area contributed by atoms with Gasteiger partial charge in [0.1, 0.15) is 5.82 Å². The van der Waals surface area contributed by atoms with Crippen LogP contribution in [0.15, 0.2) is 42.5 Å². The zero-order valence-electron chi connectivity index (χ0n) is 13.8. The first-order valence-corrected chi connectivity index (χ1v) is 8.44. The minimum Gasteiger partial charge on any atom is -0.335 e. The first kappa shape index (κ1) is 17.4. The molecule has 6 heteroatoms. The molecule has 0 atom stereocenters. The van der Waals surface area contributed by atoms with E-state index in [-0.39, 0.29) is 11.5 Å². The minimum atomic E-state index is -0.590. The highest BCUT2D eigenvalue weighted by molar-refractivity contribution is 6.31. The Morgan fingerprint density at radius 2 is 1.48 bits per heavy atom. The third-order valence-corrected chi connectivity index (χ3v) is 4.62. The third kappa shape index (κ3) is 3.66. The number of carbonyl (C=O) groups is 2. The van der Waals surface area contributed by atoms with E-state index in [1.807, 2.05) is 25.1 Å². The molecule has 0 saturated carbocycles. The predicted molar refractivity (Wildman–Crippen MR) is 94.4 cm³/mol. The Bertz CT molecular complexity index is 817. The molecule has 1 fully saturated rings. The van der Waals surface area contributed by atoms with Crippen LogP contribution in [0.4, 0.5) is 4.39 Å². The fourth-order valence-electron chi connectivity index (χ4n) is 2.93. The van der Waals surface area contributed by atoms with Crippen LogP contribution in [0.3, 0.4) is 0 Å². The van der Waals surface area contributed by atoms with E-state index in [1.54, 1.807) is 15.9 Å². The lowest BCUT2D eigenvalue weighted by molar-refractivity contribution is 0.0532. The van der Waals surface area contributed by atoms with Gasteiger partial charge in [-0.1, -0.05) is 29.8 Å². The molecule has 0 N–H and O–H groups in total. The molecule has 1 saturated heterocycles. The number of benzene rings is 2. The Labute approximate surface area is 150 Å². The molecule has 130 valence electrons. The van der Waals surface area contributed by atoms with Gasteiger partial charge in [0.2, 0.25) is 0 Å². The summed E-state index contributed by atoms with van der Waals surface area (Å²) >= 11 is 5.86. The lowest BCUT2D eigenvalue weighted by Gasteiger charge is -2.35. The zero-order valence-corrected chi connectivity index (χ0v) is 14.6. The maximum atomic E-state index is 13.9. The summed E-state index contributed by atoms with van der Waals surface area (Å²) in [4.78, 5) is 28.4. The number of piperazine rings is 1. The molecule has 0 aliphatic carbocycles. The van der Waals surface area contributed by atoms with Crippen LogP contribution < -0.4 is 0 Å². The van der Waals surface area contributed by atoms with Crippen molar-refractivity contribution in [3.8, 4) is 0 Å². The van der Waals surface area contributed by atoms with E-state index in [2.05, 4.69) is 0 Å². The van der Waals surface area contributed by atoms with Crippen LogP contribution >= 0.6 is 11.6 Å². The van der Waals surface area contributed by atoms with Crippen LogP contribution in [0.25, 0.3) is 0 Å². The summed E-state index contributed by atoms with van der Waals surface area (Å²) in [6.07, 6.45) is 0. The number of hydrogen-bond acceptors (Lipinski definition) is 2. The molecule has 2 amide bonds. The van der Waals surface area contributed by atoms with E-state index in [4.69, 9.17) is 11.6 Å². The van der Waals surface area contributed by atoms with E-state index >= 15 is 0 Å². The van der Waals surface area contributed by atoms with Crippen molar-refractivity contribution >= 4 is 23.4 Å². The fraction of sp³-hybridized carbons (Fsp3) is 0.263. The molecule has 0 bridgehead atoms. The van der Waals surface area contributed by atoms with E-state index in [0.29, 0.717) is 36.8 Å². The molecular formula is C19H18ClFN2O2. The molecule has 0 unspecified atom stereocenters. The van der Waals surface area contributed by atoms with E-state index in [9.17, 15) is 14.0 Å². The first-order chi connectivity index (χ1) is 12.0. The predicted octanol–water partition coefficient (Wildman–Crippen LogP) is 3.39. The van der Waals surface area contributed by atoms with E-state index in [0.717, 1.165) is 5.56 Å². The van der Waals surface area contributed by atoms with Crippen molar-refractivity contribution in [2.75, 3.05) is 26.2 Å². The molecule has 1 aliphatic rings. The lowest BCUT2D eigenvalue weighted by atomic mass is 10.1. The average Bonchev–Trinajstić information content (AvgIpc) is 2.63. The van der Waals surface area contributed by atoms with Gasteiger partial charge in [0.05, 0.1) is 5.56 Å². The van der Waals surface area contributed by atoms with Gasteiger partial charge >= 0.3 is 0 Å². The topological polar surface area (TPSA) is 40.6 Å². The Hall–Kier alpha value is -2.40. The Kier molecular flexibility index (Phi) is 5.04. The van der Waals surface area contributed by atoms with Crippen molar-refractivity contribution in [3.05, 3.63) is 70.0 Å². The number of amides is 2. The van der Waals surface area contributed by atoms with Crippen LogP contribution in [0.5, 0.6) is 0 Å². The van der Waals surface area contributed by atoms with Crippen molar-refractivity contribution in [3.63, 3.8) is 0 Å². The number of nitrogens with zero attached hydrogens (tertiary/aromatic N) is 2. The SMILES string of the molecule is Cc1ccccc1C(=O)N1CCN(C(=O)c2cc(Cl)ccc2F)CC1. The van der Waals surface area contributed by atoms with Crippen molar-refractivity contribution in [2.45, 2.75) is 6.92 Å². The van der Waals surface area contributed by atoms with Gasteiger partial charge in [-0.15, -0.1) is 0 Å². The summed E-state index contributed by atoms with van der Waals surface area (Å²) in [6, 6.07) is 11.4. The summed E-state index contributed by atoms with van der Waals surface area (Å²) in [5.74, 6) is -1.03. The number of carbonyl (C=O) groups excluding carboxylic acids is 2. The lowest BCUT2D eigenvalue weighted by Crippen LogP contribution is -2.50. The Morgan fingerprint density at radius 3 is 2.08 bits per heavy atom. The second-order valence-corrected chi connectivity index (χ2v) is 6.46. The fourth-order valence-corrected chi connectivity index (χ4v) is 3.10. The Balaban J connectivity index is 1.68. The van der Waals surface area contributed by atoms with Gasteiger partial charge in [-0.25, -0.2) is 4.39 Å². The second-order valence-electron chi connectivity index (χ2n) is 6.02. The molecule has 0 aromatic heterocycles. The monoisotopic (exact) mass is 360 g/mol. The quantitative estimate of drug-likeness (QED) is 0.823. The van der Waals surface area contributed by atoms with Gasteiger partial charge in [0.15, 0.2) is 0 Å². The average molecular weight is 361 g/mol. The van der Waals surface area contributed by atoms with Crippen LogP contribution in [0, 0.1) is 12.7 Å². The number of hydrogen-bond donors (Lipinski definition) is 0. The molecule has 25 heavy (non-hydrogen) atoms. The van der Waals surface area contributed by atoms with Crippen LogP contribution in [-0.4, -0.2) is 47.8 Å². The second kappa shape index (κ2) is 7.23. The van der Waals surface area contributed by atoms with Crippen molar-refractivity contribution < 1.29 is 14.0 Å². The molecule has 2 aromatic rings. The van der Waals surface area contributed by atoms with Gasteiger partial charge in [-0.05, 0) is 36.8 Å². The maximum Gasteiger partial charge on any atom is 0.257 e. The van der Waals surface area contributed by atoms with Gasteiger partial charge in [0, 0.05) is 36.8 Å². The molecule has 4 nitrogen and oxygen atoms in total. The summed E-state index contributed by atoms with van der Waals surface area (Å²) in [5.41, 5.74) is 1.56. The summed E-state index contributed by atoms with van der Waals surface area (Å²) in [7, 11) is 0. The van der Waals surface area contributed by atoms with Crippen molar-refractivity contribution in [2.24, 2.45) is 0 Å². The zero-order chi connectivity index (χ0) is 18.0. The smallest absolute Gasteiger partial charge is 0.257 e. The molecular weight excluding hydrogens is 343 g/mol.